The molecule has 3 aromatic heterocycles. The highest BCUT2D eigenvalue weighted by Crippen LogP contribution is 2.40. The lowest BCUT2D eigenvalue weighted by Crippen LogP contribution is -2.18. The molecule has 0 saturated carbocycles. The third-order valence-corrected chi connectivity index (χ3v) is 7.25. The second-order valence-electron chi connectivity index (χ2n) is 9.65. The minimum Gasteiger partial charge on any atom is -0.456 e. The van der Waals surface area contributed by atoms with Crippen LogP contribution in [0, 0.1) is 0 Å². The Morgan fingerprint density at radius 1 is 0.600 bits per heavy atom. The van der Waals surface area contributed by atoms with Crippen LogP contribution in [0.1, 0.15) is 25.0 Å². The number of furan rings is 2. The van der Waals surface area contributed by atoms with E-state index in [1.54, 1.807) is 0 Å². The predicted octanol–water partition coefficient (Wildman–Crippen LogP) is 8.87. The molecular formula is C32H23NO2. The average molecular weight is 454 g/mol. The lowest BCUT2D eigenvalue weighted by Gasteiger charge is -2.26. The zero-order chi connectivity index (χ0) is 23.6. The lowest BCUT2D eigenvalue weighted by atomic mass is 9.78. The molecule has 0 N–H and O–H groups in total. The van der Waals surface area contributed by atoms with E-state index in [1.807, 2.05) is 36.5 Å². The molecule has 3 heterocycles. The van der Waals surface area contributed by atoms with E-state index in [1.165, 1.54) is 11.1 Å². The second kappa shape index (κ2) is 7.31. The standard InChI is InChI=1S/C32H23NO2/c1-32(2,21-8-4-3-5-9-21)22-16-17-33-26(19-22)20-12-14-28-25(18-20)30-29(34-28)15-13-24-23-10-6-7-11-27(23)35-31(24)30/h3-19H,1-2H3. The number of hydrogen-bond acceptors (Lipinski definition) is 3. The molecule has 35 heavy (non-hydrogen) atoms. The summed E-state index contributed by atoms with van der Waals surface area (Å²) in [5, 5.41) is 4.27. The van der Waals surface area contributed by atoms with Crippen LogP contribution in [0.5, 0.6) is 0 Å². The summed E-state index contributed by atoms with van der Waals surface area (Å²) in [7, 11) is 0. The molecule has 0 aliphatic carbocycles. The van der Waals surface area contributed by atoms with Crippen LogP contribution in [0.3, 0.4) is 0 Å². The SMILES string of the molecule is CC(C)(c1ccccc1)c1ccnc(-c2ccc3oc4ccc5c6ccccc6oc5c4c3c2)c1. The van der Waals surface area contributed by atoms with E-state index in [4.69, 9.17) is 13.8 Å². The van der Waals surface area contributed by atoms with E-state index in [9.17, 15) is 0 Å². The first-order valence-corrected chi connectivity index (χ1v) is 11.9. The summed E-state index contributed by atoms with van der Waals surface area (Å²) < 4.78 is 12.5. The highest BCUT2D eigenvalue weighted by Gasteiger charge is 2.24. The first-order valence-electron chi connectivity index (χ1n) is 11.9. The van der Waals surface area contributed by atoms with Crippen LogP contribution in [0.25, 0.3) is 55.1 Å². The maximum absolute atomic E-state index is 6.31. The van der Waals surface area contributed by atoms with E-state index >= 15 is 0 Å². The molecule has 0 fully saturated rings. The van der Waals surface area contributed by atoms with Crippen LogP contribution in [-0.4, -0.2) is 4.98 Å². The maximum Gasteiger partial charge on any atom is 0.147 e. The summed E-state index contributed by atoms with van der Waals surface area (Å²) in [5.41, 5.74) is 7.80. The molecule has 0 saturated heterocycles. The van der Waals surface area contributed by atoms with Crippen molar-refractivity contribution >= 4 is 43.9 Å². The molecule has 7 rings (SSSR count). The van der Waals surface area contributed by atoms with Crippen molar-refractivity contribution in [2.75, 3.05) is 0 Å². The van der Waals surface area contributed by atoms with E-state index in [2.05, 4.69) is 80.6 Å². The first kappa shape index (κ1) is 20.0. The van der Waals surface area contributed by atoms with Crippen LogP contribution in [0.2, 0.25) is 0 Å². The molecule has 0 bridgehead atoms. The van der Waals surface area contributed by atoms with E-state index in [-0.39, 0.29) is 5.41 Å². The molecule has 0 amide bonds. The Bertz CT molecular complexity index is 1870. The average Bonchev–Trinajstić information content (AvgIpc) is 3.47. The van der Waals surface area contributed by atoms with Crippen molar-refractivity contribution in [1.29, 1.82) is 0 Å². The summed E-state index contributed by atoms with van der Waals surface area (Å²) >= 11 is 0. The summed E-state index contributed by atoms with van der Waals surface area (Å²) in [5.74, 6) is 0. The van der Waals surface area contributed by atoms with Gasteiger partial charge >= 0.3 is 0 Å². The molecule has 7 aromatic rings. The maximum atomic E-state index is 6.31. The van der Waals surface area contributed by atoms with Gasteiger partial charge in [-0.2, -0.15) is 0 Å². The largest absolute Gasteiger partial charge is 0.456 e. The third kappa shape index (κ3) is 3.01. The summed E-state index contributed by atoms with van der Waals surface area (Å²) in [6.45, 7) is 4.51. The number of aromatic nitrogens is 1. The van der Waals surface area contributed by atoms with Crippen molar-refractivity contribution in [3.8, 4) is 11.3 Å². The van der Waals surface area contributed by atoms with Crippen molar-refractivity contribution in [3.63, 3.8) is 0 Å². The Morgan fingerprint density at radius 3 is 2.26 bits per heavy atom. The van der Waals surface area contributed by atoms with Gasteiger partial charge in [0, 0.05) is 33.3 Å². The van der Waals surface area contributed by atoms with Gasteiger partial charge in [-0.15, -0.1) is 0 Å². The van der Waals surface area contributed by atoms with Crippen molar-refractivity contribution in [3.05, 3.63) is 114 Å². The molecule has 0 aliphatic heterocycles. The molecule has 0 aliphatic rings. The number of rotatable bonds is 3. The molecule has 0 radical (unpaired) electrons. The van der Waals surface area contributed by atoms with E-state index in [0.29, 0.717) is 0 Å². The molecule has 0 spiro atoms. The molecule has 168 valence electrons. The van der Waals surface area contributed by atoms with Gasteiger partial charge in [-0.3, -0.25) is 4.98 Å². The normalized spacial score (nSPS) is 12.3. The molecule has 0 atom stereocenters. The quantitative estimate of drug-likeness (QED) is 0.268. The fourth-order valence-electron chi connectivity index (χ4n) is 5.20. The Labute approximate surface area is 202 Å². The van der Waals surface area contributed by atoms with Gasteiger partial charge in [0.25, 0.3) is 0 Å². The van der Waals surface area contributed by atoms with Crippen LogP contribution in [0.15, 0.2) is 112 Å². The Hall–Kier alpha value is -4.37. The lowest BCUT2D eigenvalue weighted by molar-refractivity contribution is 0.640. The predicted molar refractivity (Wildman–Crippen MR) is 143 cm³/mol. The van der Waals surface area contributed by atoms with Gasteiger partial charge in [-0.25, -0.2) is 0 Å². The fourth-order valence-corrected chi connectivity index (χ4v) is 5.20. The molecule has 3 nitrogen and oxygen atoms in total. The van der Waals surface area contributed by atoms with Gasteiger partial charge in [-0.1, -0.05) is 62.4 Å². The third-order valence-electron chi connectivity index (χ3n) is 7.25. The smallest absolute Gasteiger partial charge is 0.147 e. The zero-order valence-corrected chi connectivity index (χ0v) is 19.6. The number of pyridine rings is 1. The van der Waals surface area contributed by atoms with E-state index in [0.717, 1.165) is 55.1 Å². The summed E-state index contributed by atoms with van der Waals surface area (Å²) in [4.78, 5) is 4.73. The number of hydrogen-bond donors (Lipinski definition) is 0. The second-order valence-corrected chi connectivity index (χ2v) is 9.65. The van der Waals surface area contributed by atoms with Gasteiger partial charge in [-0.05, 0) is 59.7 Å². The minimum atomic E-state index is -0.133. The number of benzene rings is 4. The fraction of sp³-hybridized carbons (Fsp3) is 0.0938. The van der Waals surface area contributed by atoms with E-state index < -0.39 is 0 Å². The molecule has 0 unspecified atom stereocenters. The van der Waals surface area contributed by atoms with Crippen LogP contribution >= 0.6 is 0 Å². The Balaban J connectivity index is 1.42. The van der Waals surface area contributed by atoms with Crippen molar-refractivity contribution in [2.45, 2.75) is 19.3 Å². The molecular weight excluding hydrogens is 430 g/mol. The first-order chi connectivity index (χ1) is 17.1. The highest BCUT2D eigenvalue weighted by atomic mass is 16.3. The zero-order valence-electron chi connectivity index (χ0n) is 19.6. The van der Waals surface area contributed by atoms with Crippen molar-refractivity contribution < 1.29 is 8.83 Å². The summed E-state index contributed by atoms with van der Waals surface area (Å²) in [6, 6.07) is 33.5. The van der Waals surface area contributed by atoms with Crippen LogP contribution < -0.4 is 0 Å². The number of nitrogens with zero attached hydrogens (tertiary/aromatic N) is 1. The van der Waals surface area contributed by atoms with Gasteiger partial charge in [0.1, 0.15) is 22.3 Å². The minimum absolute atomic E-state index is 0.133. The molecule has 3 heteroatoms. The van der Waals surface area contributed by atoms with Crippen LogP contribution in [0.4, 0.5) is 0 Å². The molecule has 4 aromatic carbocycles. The van der Waals surface area contributed by atoms with Crippen LogP contribution in [-0.2, 0) is 5.41 Å². The van der Waals surface area contributed by atoms with Crippen molar-refractivity contribution in [2.24, 2.45) is 0 Å². The van der Waals surface area contributed by atoms with Gasteiger partial charge in [0.15, 0.2) is 0 Å². The highest BCUT2D eigenvalue weighted by molar-refractivity contribution is 6.22. The van der Waals surface area contributed by atoms with Gasteiger partial charge in [0.05, 0.1) is 11.1 Å². The number of para-hydroxylation sites is 1. The summed E-state index contributed by atoms with van der Waals surface area (Å²) in [6.07, 6.45) is 1.91. The topological polar surface area (TPSA) is 39.2 Å². The van der Waals surface area contributed by atoms with Gasteiger partial charge in [0.2, 0.25) is 0 Å². The monoisotopic (exact) mass is 453 g/mol. The van der Waals surface area contributed by atoms with Crippen molar-refractivity contribution in [1.82, 2.24) is 4.98 Å². The Morgan fingerprint density at radius 2 is 1.37 bits per heavy atom. The number of fused-ring (bicyclic) bond motifs is 7. The van der Waals surface area contributed by atoms with Gasteiger partial charge < -0.3 is 8.83 Å². The Kier molecular flexibility index (Phi) is 4.19.